The molecular formula is C13H16ClN3O2S. The van der Waals surface area contributed by atoms with Crippen molar-refractivity contribution in [2.45, 2.75) is 26.2 Å². The highest BCUT2D eigenvalue weighted by Crippen LogP contribution is 2.13. The molecule has 0 bridgehead atoms. The van der Waals surface area contributed by atoms with Crippen LogP contribution in [0.25, 0.3) is 0 Å². The molecule has 1 rings (SSSR count). The Hall–Kier alpha value is -1.66. The number of amides is 2. The summed E-state index contributed by atoms with van der Waals surface area (Å²) in [6.07, 6.45) is 2.12. The zero-order valence-electron chi connectivity index (χ0n) is 11.0. The van der Waals surface area contributed by atoms with Gasteiger partial charge < -0.3 is 5.32 Å². The number of carbonyl (C=O) groups excluding carboxylic acids is 2. The van der Waals surface area contributed by atoms with Crippen molar-refractivity contribution in [2.75, 3.05) is 0 Å². The van der Waals surface area contributed by atoms with Gasteiger partial charge in [0, 0.05) is 6.42 Å². The third-order valence-corrected chi connectivity index (χ3v) is 2.95. The van der Waals surface area contributed by atoms with Crippen molar-refractivity contribution >= 4 is 40.7 Å². The molecule has 0 aliphatic rings. The summed E-state index contributed by atoms with van der Waals surface area (Å²) in [5.74, 6) is -0.614. The first-order valence-corrected chi connectivity index (χ1v) is 6.98. The second-order valence-corrected chi connectivity index (χ2v) is 4.86. The molecule has 0 radical (unpaired) electrons. The van der Waals surface area contributed by atoms with Crippen LogP contribution in [0.5, 0.6) is 0 Å². The number of hydrogen-bond acceptors (Lipinski definition) is 3. The lowest BCUT2D eigenvalue weighted by Gasteiger charge is -2.11. The first-order valence-electron chi connectivity index (χ1n) is 6.19. The Labute approximate surface area is 128 Å². The molecular weight excluding hydrogens is 298 g/mol. The molecule has 5 nitrogen and oxygen atoms in total. The van der Waals surface area contributed by atoms with Gasteiger partial charge in [-0.25, -0.2) is 0 Å². The molecule has 7 heteroatoms. The van der Waals surface area contributed by atoms with Gasteiger partial charge >= 0.3 is 0 Å². The van der Waals surface area contributed by atoms with Gasteiger partial charge in [0.1, 0.15) is 0 Å². The van der Waals surface area contributed by atoms with E-state index in [1.165, 1.54) is 0 Å². The molecule has 0 aromatic heterocycles. The topological polar surface area (TPSA) is 70.2 Å². The number of hydrazine groups is 1. The van der Waals surface area contributed by atoms with Crippen LogP contribution in [0.15, 0.2) is 24.3 Å². The van der Waals surface area contributed by atoms with Crippen LogP contribution in [-0.2, 0) is 4.79 Å². The van der Waals surface area contributed by atoms with Gasteiger partial charge in [0.2, 0.25) is 5.91 Å². The number of benzene rings is 1. The molecule has 3 N–H and O–H groups in total. The molecule has 0 heterocycles. The second kappa shape index (κ2) is 8.50. The monoisotopic (exact) mass is 313 g/mol. The summed E-state index contributed by atoms with van der Waals surface area (Å²) < 4.78 is 0. The Morgan fingerprint density at radius 2 is 1.95 bits per heavy atom. The molecule has 108 valence electrons. The van der Waals surface area contributed by atoms with Gasteiger partial charge in [-0.15, -0.1) is 0 Å². The molecule has 0 unspecified atom stereocenters. The van der Waals surface area contributed by atoms with Gasteiger partial charge in [-0.2, -0.15) is 0 Å². The fourth-order valence-electron chi connectivity index (χ4n) is 1.38. The quantitative estimate of drug-likeness (QED) is 0.588. The Morgan fingerprint density at radius 3 is 2.60 bits per heavy atom. The minimum atomic E-state index is -0.430. The number of halogens is 1. The highest BCUT2D eigenvalue weighted by atomic mass is 35.5. The molecule has 1 aromatic carbocycles. The first-order chi connectivity index (χ1) is 9.54. The molecule has 0 aliphatic carbocycles. The number of unbranched alkanes of at least 4 members (excludes halogenated alkanes) is 1. The van der Waals surface area contributed by atoms with Crippen molar-refractivity contribution in [3.8, 4) is 0 Å². The Morgan fingerprint density at radius 1 is 1.25 bits per heavy atom. The van der Waals surface area contributed by atoms with E-state index in [9.17, 15) is 9.59 Å². The molecule has 0 atom stereocenters. The summed E-state index contributed by atoms with van der Waals surface area (Å²) >= 11 is 10.8. The molecule has 0 saturated heterocycles. The second-order valence-electron chi connectivity index (χ2n) is 4.04. The van der Waals surface area contributed by atoms with Crippen LogP contribution in [-0.4, -0.2) is 16.9 Å². The van der Waals surface area contributed by atoms with Crippen molar-refractivity contribution in [1.29, 1.82) is 0 Å². The lowest BCUT2D eigenvalue weighted by atomic mass is 10.2. The Bertz CT molecular complexity index is 508. The van der Waals surface area contributed by atoms with Crippen LogP contribution in [0.2, 0.25) is 5.02 Å². The van der Waals surface area contributed by atoms with E-state index in [4.69, 9.17) is 23.8 Å². The summed E-state index contributed by atoms with van der Waals surface area (Å²) in [4.78, 5) is 23.2. The average Bonchev–Trinajstić information content (AvgIpc) is 2.43. The summed E-state index contributed by atoms with van der Waals surface area (Å²) in [5.41, 5.74) is 5.15. The highest BCUT2D eigenvalue weighted by Gasteiger charge is 2.10. The average molecular weight is 314 g/mol. The van der Waals surface area contributed by atoms with Crippen LogP contribution < -0.4 is 16.2 Å². The predicted molar refractivity (Wildman–Crippen MR) is 82.3 cm³/mol. The van der Waals surface area contributed by atoms with E-state index in [0.29, 0.717) is 17.0 Å². The lowest BCUT2D eigenvalue weighted by Crippen LogP contribution is -2.48. The van der Waals surface area contributed by atoms with Gasteiger partial charge in [0.15, 0.2) is 5.11 Å². The molecule has 0 fully saturated rings. The number of hydrogen-bond donors (Lipinski definition) is 3. The molecule has 0 aliphatic heterocycles. The summed E-state index contributed by atoms with van der Waals surface area (Å²) in [6.45, 7) is 1.99. The maximum Gasteiger partial charge on any atom is 0.271 e. The van der Waals surface area contributed by atoms with E-state index in [2.05, 4.69) is 16.2 Å². The van der Waals surface area contributed by atoms with Gasteiger partial charge in [0.05, 0.1) is 10.6 Å². The predicted octanol–water partition coefficient (Wildman–Crippen LogP) is 2.17. The number of nitrogens with one attached hydrogen (secondary N) is 3. The van der Waals surface area contributed by atoms with E-state index in [1.54, 1.807) is 24.3 Å². The van der Waals surface area contributed by atoms with Crippen molar-refractivity contribution in [2.24, 2.45) is 0 Å². The van der Waals surface area contributed by atoms with Gasteiger partial charge in [0.25, 0.3) is 5.91 Å². The minimum absolute atomic E-state index is 0.0477. The minimum Gasteiger partial charge on any atom is -0.302 e. The van der Waals surface area contributed by atoms with E-state index in [0.717, 1.165) is 12.8 Å². The summed E-state index contributed by atoms with van der Waals surface area (Å²) in [5, 5.41) is 2.86. The van der Waals surface area contributed by atoms with Crippen LogP contribution in [0.1, 0.15) is 36.5 Å². The zero-order valence-corrected chi connectivity index (χ0v) is 12.6. The summed E-state index contributed by atoms with van der Waals surface area (Å²) in [7, 11) is 0. The first kappa shape index (κ1) is 16.4. The lowest BCUT2D eigenvalue weighted by molar-refractivity contribution is -0.119. The Balaban J connectivity index is 2.40. The SMILES string of the molecule is CCCCC(=O)NC(=S)NNC(=O)c1ccccc1Cl. The highest BCUT2D eigenvalue weighted by molar-refractivity contribution is 7.80. The van der Waals surface area contributed by atoms with Crippen molar-refractivity contribution in [3.63, 3.8) is 0 Å². The third-order valence-electron chi connectivity index (χ3n) is 2.42. The number of carbonyl (C=O) groups is 2. The van der Waals surface area contributed by atoms with Crippen LogP contribution in [0.4, 0.5) is 0 Å². The normalized spacial score (nSPS) is 9.70. The van der Waals surface area contributed by atoms with E-state index in [-0.39, 0.29) is 11.0 Å². The van der Waals surface area contributed by atoms with E-state index >= 15 is 0 Å². The fourth-order valence-corrected chi connectivity index (χ4v) is 1.77. The molecule has 0 saturated carbocycles. The molecule has 1 aromatic rings. The van der Waals surface area contributed by atoms with E-state index in [1.807, 2.05) is 6.92 Å². The van der Waals surface area contributed by atoms with Crippen molar-refractivity contribution < 1.29 is 9.59 Å². The maximum absolute atomic E-state index is 11.8. The van der Waals surface area contributed by atoms with Gasteiger partial charge in [-0.05, 0) is 30.8 Å². The van der Waals surface area contributed by atoms with Crippen molar-refractivity contribution in [3.05, 3.63) is 34.9 Å². The molecule has 2 amide bonds. The number of thiocarbonyl (C=S) groups is 1. The molecule has 20 heavy (non-hydrogen) atoms. The van der Waals surface area contributed by atoms with E-state index < -0.39 is 5.91 Å². The van der Waals surface area contributed by atoms with Crippen LogP contribution >= 0.6 is 23.8 Å². The largest absolute Gasteiger partial charge is 0.302 e. The number of rotatable bonds is 4. The van der Waals surface area contributed by atoms with Crippen LogP contribution in [0, 0.1) is 0 Å². The van der Waals surface area contributed by atoms with Crippen LogP contribution in [0.3, 0.4) is 0 Å². The zero-order chi connectivity index (χ0) is 15.0. The van der Waals surface area contributed by atoms with Crippen molar-refractivity contribution in [1.82, 2.24) is 16.2 Å². The van der Waals surface area contributed by atoms with Gasteiger partial charge in [-0.3, -0.25) is 20.4 Å². The third kappa shape index (κ3) is 5.54. The fraction of sp³-hybridized carbons (Fsp3) is 0.308. The maximum atomic E-state index is 11.8. The summed E-state index contributed by atoms with van der Waals surface area (Å²) in [6, 6.07) is 6.63. The standard InChI is InChI=1S/C13H16ClN3O2S/c1-2-3-8-11(18)15-13(20)17-16-12(19)9-6-4-5-7-10(9)14/h4-7H,2-3,8H2,1H3,(H,16,19)(H2,15,17,18,20). The molecule has 0 spiro atoms. The Kier molecular flexibility index (Phi) is 6.97. The smallest absolute Gasteiger partial charge is 0.271 e. The van der Waals surface area contributed by atoms with Gasteiger partial charge in [-0.1, -0.05) is 37.1 Å².